The zero-order valence-electron chi connectivity index (χ0n) is 7.51. The lowest BCUT2D eigenvalue weighted by Crippen LogP contribution is -2.05. The van der Waals surface area contributed by atoms with Gasteiger partial charge in [0, 0.05) is 0 Å². The molecule has 0 aromatic heterocycles. The van der Waals surface area contributed by atoms with Crippen molar-refractivity contribution in [3.05, 3.63) is 33.3 Å². The van der Waals surface area contributed by atoms with Gasteiger partial charge in [-0.15, -0.1) is 0 Å². The van der Waals surface area contributed by atoms with Crippen LogP contribution in [0.3, 0.4) is 0 Å². The number of esters is 1. The van der Waals surface area contributed by atoms with Gasteiger partial charge >= 0.3 is 5.97 Å². The molecule has 0 bridgehead atoms. The summed E-state index contributed by atoms with van der Waals surface area (Å²) in [5, 5.41) is -0.835. The summed E-state index contributed by atoms with van der Waals surface area (Å²) in [6.45, 7) is 0. The molecule has 6 heteroatoms. The largest absolute Gasteiger partial charge is 0.465 e. The van der Waals surface area contributed by atoms with Gasteiger partial charge in [0.15, 0.2) is 0 Å². The highest BCUT2D eigenvalue weighted by Crippen LogP contribution is 2.29. The Morgan fingerprint density at radius 3 is 2.33 bits per heavy atom. The van der Waals surface area contributed by atoms with Crippen molar-refractivity contribution in [2.24, 2.45) is 0 Å². The van der Waals surface area contributed by atoms with Crippen molar-refractivity contribution in [3.63, 3.8) is 0 Å². The zero-order chi connectivity index (χ0) is 11.6. The molecule has 0 saturated carbocycles. The van der Waals surface area contributed by atoms with Gasteiger partial charge < -0.3 is 4.74 Å². The number of rotatable bonds is 2. The third-order valence-corrected chi connectivity index (χ3v) is 2.59. The molecule has 0 fully saturated rings. The van der Waals surface area contributed by atoms with E-state index in [1.54, 1.807) is 0 Å². The average molecular weight is 267 g/mol. The fourth-order valence-corrected chi connectivity index (χ4v) is 1.91. The van der Waals surface area contributed by atoms with Gasteiger partial charge in [0.2, 0.25) is 0 Å². The highest BCUT2D eigenvalue weighted by molar-refractivity contribution is 6.70. The summed E-state index contributed by atoms with van der Waals surface area (Å²) >= 11 is 16.8. The number of carbonyl (C=O) groups excluding carboxylic acids is 2. The number of carbonyl (C=O) groups is 2. The van der Waals surface area contributed by atoms with E-state index in [2.05, 4.69) is 4.74 Å². The van der Waals surface area contributed by atoms with Crippen molar-refractivity contribution in [2.75, 3.05) is 7.11 Å². The normalized spacial score (nSPS) is 9.87. The maximum absolute atomic E-state index is 11.2. The lowest BCUT2D eigenvalue weighted by molar-refractivity contribution is 0.0601. The smallest absolute Gasteiger partial charge is 0.339 e. The summed E-state index contributed by atoms with van der Waals surface area (Å²) < 4.78 is 4.47. The van der Waals surface area contributed by atoms with E-state index in [1.807, 2.05) is 0 Å². The van der Waals surface area contributed by atoms with Crippen LogP contribution in [0.15, 0.2) is 12.1 Å². The van der Waals surface area contributed by atoms with Gasteiger partial charge in [0.25, 0.3) is 5.24 Å². The van der Waals surface area contributed by atoms with E-state index in [1.165, 1.54) is 19.2 Å². The van der Waals surface area contributed by atoms with Gasteiger partial charge in [-0.05, 0) is 23.7 Å². The average Bonchev–Trinajstić information content (AvgIpc) is 2.16. The minimum Gasteiger partial charge on any atom is -0.465 e. The molecule has 15 heavy (non-hydrogen) atoms. The van der Waals surface area contributed by atoms with Gasteiger partial charge in [0.1, 0.15) is 0 Å². The Hall–Kier alpha value is -0.770. The number of hydrogen-bond donors (Lipinski definition) is 0. The Morgan fingerprint density at radius 2 is 1.87 bits per heavy atom. The molecule has 0 heterocycles. The van der Waals surface area contributed by atoms with E-state index in [0.29, 0.717) is 0 Å². The molecule has 1 aromatic carbocycles. The lowest BCUT2D eigenvalue weighted by atomic mass is 10.1. The van der Waals surface area contributed by atoms with E-state index in [0.717, 1.165) is 0 Å². The molecule has 3 nitrogen and oxygen atoms in total. The van der Waals surface area contributed by atoms with Crippen molar-refractivity contribution < 1.29 is 14.3 Å². The SMILES string of the molecule is COC(=O)c1ccc(Cl)c(C(=O)Cl)c1Cl. The summed E-state index contributed by atoms with van der Waals surface area (Å²) in [4.78, 5) is 22.2. The second-order valence-electron chi connectivity index (χ2n) is 2.55. The predicted molar refractivity (Wildman–Crippen MR) is 58.0 cm³/mol. The van der Waals surface area contributed by atoms with Crippen LogP contribution < -0.4 is 0 Å². The van der Waals surface area contributed by atoms with Crippen molar-refractivity contribution in [1.82, 2.24) is 0 Å². The first-order valence-corrected chi connectivity index (χ1v) is 4.88. The van der Waals surface area contributed by atoms with E-state index in [-0.39, 0.29) is 21.2 Å². The molecule has 0 unspecified atom stereocenters. The van der Waals surface area contributed by atoms with E-state index in [9.17, 15) is 9.59 Å². The van der Waals surface area contributed by atoms with Crippen LogP contribution in [-0.4, -0.2) is 18.3 Å². The quantitative estimate of drug-likeness (QED) is 0.610. The van der Waals surface area contributed by atoms with Crippen molar-refractivity contribution in [3.8, 4) is 0 Å². The molecule has 0 aliphatic heterocycles. The lowest BCUT2D eigenvalue weighted by Gasteiger charge is -2.06. The highest BCUT2D eigenvalue weighted by Gasteiger charge is 2.20. The Labute approximate surface area is 101 Å². The molecule has 0 aliphatic carbocycles. The van der Waals surface area contributed by atoms with Crippen LogP contribution in [0, 0.1) is 0 Å². The highest BCUT2D eigenvalue weighted by atomic mass is 35.5. The van der Waals surface area contributed by atoms with Gasteiger partial charge in [-0.1, -0.05) is 23.2 Å². The molecule has 0 spiro atoms. The molecule has 0 N–H and O–H groups in total. The summed E-state index contributed by atoms with van der Waals surface area (Å²) in [7, 11) is 1.20. The van der Waals surface area contributed by atoms with Crippen LogP contribution in [0.1, 0.15) is 20.7 Å². The molecule has 0 aliphatic rings. The molecule has 0 amide bonds. The summed E-state index contributed by atoms with van der Waals surface area (Å²) in [6, 6.07) is 2.72. The topological polar surface area (TPSA) is 43.4 Å². The molecule has 1 aromatic rings. The molecule has 1 rings (SSSR count). The molecular weight excluding hydrogens is 262 g/mol. The molecule has 0 radical (unpaired) electrons. The number of halogens is 3. The summed E-state index contributed by atoms with van der Waals surface area (Å²) in [5.74, 6) is -0.657. The Bertz CT molecular complexity index is 429. The van der Waals surface area contributed by atoms with Crippen molar-refractivity contribution >= 4 is 46.0 Å². The number of hydrogen-bond acceptors (Lipinski definition) is 3. The van der Waals surface area contributed by atoms with Crippen LogP contribution in [0.25, 0.3) is 0 Å². The van der Waals surface area contributed by atoms with Gasteiger partial charge in [-0.3, -0.25) is 4.79 Å². The minimum absolute atomic E-state index is 0.0487. The number of methoxy groups -OCH3 is 1. The summed E-state index contributed by atoms with van der Waals surface area (Å²) in [6.07, 6.45) is 0. The molecule has 0 atom stereocenters. The monoisotopic (exact) mass is 266 g/mol. The van der Waals surface area contributed by atoms with Crippen molar-refractivity contribution in [2.45, 2.75) is 0 Å². The fourth-order valence-electron chi connectivity index (χ4n) is 1.00. The predicted octanol–water partition coefficient (Wildman–Crippen LogP) is 3.16. The van der Waals surface area contributed by atoms with Crippen LogP contribution >= 0.6 is 34.8 Å². The third-order valence-electron chi connectivity index (χ3n) is 1.69. The Balaban J connectivity index is 3.41. The molecule has 0 saturated heterocycles. The second-order valence-corrected chi connectivity index (χ2v) is 3.68. The van der Waals surface area contributed by atoms with Gasteiger partial charge in [0.05, 0.1) is 28.3 Å². The first-order chi connectivity index (χ1) is 6.99. The molecular formula is C9H5Cl3O3. The van der Waals surface area contributed by atoms with Crippen LogP contribution in [-0.2, 0) is 4.74 Å². The maximum Gasteiger partial charge on any atom is 0.339 e. The number of ether oxygens (including phenoxy) is 1. The second kappa shape index (κ2) is 4.84. The molecule has 80 valence electrons. The number of benzene rings is 1. The van der Waals surface area contributed by atoms with Crippen LogP contribution in [0.4, 0.5) is 0 Å². The van der Waals surface area contributed by atoms with E-state index < -0.39 is 11.2 Å². The zero-order valence-corrected chi connectivity index (χ0v) is 9.78. The van der Waals surface area contributed by atoms with E-state index in [4.69, 9.17) is 34.8 Å². The van der Waals surface area contributed by atoms with Gasteiger partial charge in [-0.2, -0.15) is 0 Å². The minimum atomic E-state index is -0.823. The standard InChI is InChI=1S/C9H5Cl3O3/c1-15-9(14)4-2-3-5(10)6(7(4)11)8(12)13/h2-3H,1H3. The fraction of sp³-hybridized carbons (Fsp3) is 0.111. The Morgan fingerprint density at radius 1 is 1.27 bits per heavy atom. The van der Waals surface area contributed by atoms with Gasteiger partial charge in [-0.25, -0.2) is 4.79 Å². The Kier molecular flexibility index (Phi) is 3.97. The third kappa shape index (κ3) is 2.43. The first kappa shape index (κ1) is 12.3. The van der Waals surface area contributed by atoms with Crippen LogP contribution in [0.5, 0.6) is 0 Å². The first-order valence-electron chi connectivity index (χ1n) is 3.75. The van der Waals surface area contributed by atoms with E-state index >= 15 is 0 Å². The summed E-state index contributed by atoms with van der Waals surface area (Å²) in [5.41, 5.74) is -0.0459. The maximum atomic E-state index is 11.2. The van der Waals surface area contributed by atoms with Crippen molar-refractivity contribution in [1.29, 1.82) is 0 Å². The van der Waals surface area contributed by atoms with Crippen LogP contribution in [0.2, 0.25) is 10.0 Å².